The van der Waals surface area contributed by atoms with E-state index in [1.807, 2.05) is 31.2 Å². The molecule has 2 heterocycles. The van der Waals surface area contributed by atoms with Gasteiger partial charge in [0.05, 0.1) is 6.04 Å². The second-order valence-corrected chi connectivity index (χ2v) is 6.84. The zero-order valence-corrected chi connectivity index (χ0v) is 14.9. The van der Waals surface area contributed by atoms with Crippen molar-refractivity contribution in [1.82, 2.24) is 10.2 Å². The van der Waals surface area contributed by atoms with E-state index in [1.54, 1.807) is 11.9 Å². The van der Waals surface area contributed by atoms with Crippen LogP contribution in [0, 0.1) is 12.8 Å². The number of morpholine rings is 1. The van der Waals surface area contributed by atoms with Crippen LogP contribution >= 0.6 is 0 Å². The van der Waals surface area contributed by atoms with Gasteiger partial charge in [-0.1, -0.05) is 24.3 Å². The molecular formula is C19H26N2O4. The van der Waals surface area contributed by atoms with Crippen LogP contribution in [-0.2, 0) is 19.1 Å². The Morgan fingerprint density at radius 1 is 1.28 bits per heavy atom. The van der Waals surface area contributed by atoms with Crippen LogP contribution in [0.1, 0.15) is 30.0 Å². The van der Waals surface area contributed by atoms with Crippen LogP contribution in [0.5, 0.6) is 0 Å². The summed E-state index contributed by atoms with van der Waals surface area (Å²) in [4.78, 5) is 26.5. The number of carbonyl (C=O) groups is 2. The third-order valence-electron chi connectivity index (χ3n) is 5.16. The minimum atomic E-state index is -0.691. The lowest BCUT2D eigenvalue weighted by molar-refractivity contribution is -0.162. The molecule has 0 radical (unpaired) electrons. The van der Waals surface area contributed by atoms with E-state index < -0.39 is 12.1 Å². The lowest BCUT2D eigenvalue weighted by Crippen LogP contribution is -2.53. The summed E-state index contributed by atoms with van der Waals surface area (Å²) in [6.45, 7) is 4.06. The number of aryl methyl sites for hydroxylation is 1. The molecule has 2 aliphatic rings. The van der Waals surface area contributed by atoms with Crippen LogP contribution in [0.15, 0.2) is 24.3 Å². The van der Waals surface area contributed by atoms with Crippen molar-refractivity contribution in [2.45, 2.75) is 31.9 Å². The summed E-state index contributed by atoms with van der Waals surface area (Å²) < 4.78 is 11.0. The first kappa shape index (κ1) is 17.9. The highest BCUT2D eigenvalue weighted by Crippen LogP contribution is 2.31. The fraction of sp³-hybridized carbons (Fsp3) is 0.579. The maximum atomic E-state index is 12.8. The Bertz CT molecular complexity index is 628. The average Bonchev–Trinajstić information content (AvgIpc) is 2.63. The van der Waals surface area contributed by atoms with Gasteiger partial charge in [0, 0.05) is 26.8 Å². The molecule has 2 aliphatic heterocycles. The van der Waals surface area contributed by atoms with Gasteiger partial charge in [-0.05, 0) is 36.8 Å². The molecule has 2 amide bonds. The highest BCUT2D eigenvalue weighted by Gasteiger charge is 2.40. The van der Waals surface area contributed by atoms with Gasteiger partial charge in [-0.15, -0.1) is 0 Å². The van der Waals surface area contributed by atoms with Gasteiger partial charge in [-0.2, -0.15) is 0 Å². The molecular weight excluding hydrogens is 320 g/mol. The number of nitrogens with zero attached hydrogens (tertiary/aromatic N) is 1. The summed E-state index contributed by atoms with van der Waals surface area (Å²) in [5.74, 6) is 0.179. The van der Waals surface area contributed by atoms with Crippen molar-refractivity contribution >= 4 is 11.8 Å². The predicted molar refractivity (Wildman–Crippen MR) is 93.0 cm³/mol. The number of carbonyl (C=O) groups excluding carboxylic acids is 2. The number of likely N-dealkylation sites (N-methyl/N-ethyl adjacent to an activating group) is 1. The smallest absolute Gasteiger partial charge is 0.251 e. The number of ether oxygens (including phenoxy) is 2. The number of amides is 2. The second-order valence-electron chi connectivity index (χ2n) is 6.84. The van der Waals surface area contributed by atoms with Crippen LogP contribution in [0.3, 0.4) is 0 Å². The first-order valence-corrected chi connectivity index (χ1v) is 8.86. The van der Waals surface area contributed by atoms with Crippen molar-refractivity contribution in [3.63, 3.8) is 0 Å². The zero-order chi connectivity index (χ0) is 17.8. The molecule has 0 spiro atoms. The van der Waals surface area contributed by atoms with Gasteiger partial charge >= 0.3 is 0 Å². The highest BCUT2D eigenvalue weighted by molar-refractivity contribution is 5.86. The third kappa shape index (κ3) is 4.02. The molecule has 0 saturated carbocycles. The Balaban J connectivity index is 1.73. The Morgan fingerprint density at radius 3 is 2.72 bits per heavy atom. The number of rotatable bonds is 4. The Labute approximate surface area is 148 Å². The minimum Gasteiger partial charge on any atom is -0.381 e. The van der Waals surface area contributed by atoms with Gasteiger partial charge in [0.15, 0.2) is 6.10 Å². The normalized spacial score (nSPS) is 25.0. The van der Waals surface area contributed by atoms with Crippen LogP contribution < -0.4 is 5.32 Å². The van der Waals surface area contributed by atoms with E-state index in [0.717, 1.165) is 37.2 Å². The maximum Gasteiger partial charge on any atom is 0.251 e. The SMILES string of the molecule is Cc1ccccc1[C@@H]1[C@@H](C(=O)NCC2CCOCC2)OCC(=O)N1C. The van der Waals surface area contributed by atoms with Crippen molar-refractivity contribution in [3.8, 4) is 0 Å². The van der Waals surface area contributed by atoms with E-state index in [2.05, 4.69) is 5.32 Å². The summed E-state index contributed by atoms with van der Waals surface area (Å²) >= 11 is 0. The zero-order valence-electron chi connectivity index (χ0n) is 14.9. The molecule has 2 fully saturated rings. The van der Waals surface area contributed by atoms with Crippen LogP contribution in [0.2, 0.25) is 0 Å². The van der Waals surface area contributed by atoms with Crippen LogP contribution in [0.4, 0.5) is 0 Å². The van der Waals surface area contributed by atoms with Crippen LogP contribution in [0.25, 0.3) is 0 Å². The minimum absolute atomic E-state index is 0.0613. The number of hydrogen-bond acceptors (Lipinski definition) is 4. The molecule has 2 atom stereocenters. The predicted octanol–water partition coefficient (Wildman–Crippen LogP) is 1.44. The molecule has 1 aromatic rings. The molecule has 25 heavy (non-hydrogen) atoms. The van der Waals surface area contributed by atoms with Gasteiger partial charge in [0.25, 0.3) is 5.91 Å². The van der Waals surface area contributed by atoms with Crippen molar-refractivity contribution < 1.29 is 19.1 Å². The van der Waals surface area contributed by atoms with Gasteiger partial charge in [-0.3, -0.25) is 9.59 Å². The number of benzene rings is 1. The van der Waals surface area contributed by atoms with Crippen molar-refractivity contribution in [2.24, 2.45) is 5.92 Å². The van der Waals surface area contributed by atoms with Crippen molar-refractivity contribution in [3.05, 3.63) is 35.4 Å². The quantitative estimate of drug-likeness (QED) is 0.896. The molecule has 0 aromatic heterocycles. The molecule has 0 aliphatic carbocycles. The summed E-state index contributed by atoms with van der Waals surface area (Å²) in [5, 5.41) is 3.02. The highest BCUT2D eigenvalue weighted by atomic mass is 16.5. The van der Waals surface area contributed by atoms with Gasteiger partial charge < -0.3 is 19.7 Å². The largest absolute Gasteiger partial charge is 0.381 e. The fourth-order valence-electron chi connectivity index (χ4n) is 3.52. The molecule has 6 nitrogen and oxygen atoms in total. The summed E-state index contributed by atoms with van der Waals surface area (Å²) in [7, 11) is 1.74. The first-order valence-electron chi connectivity index (χ1n) is 8.86. The lowest BCUT2D eigenvalue weighted by Gasteiger charge is -2.39. The van der Waals surface area contributed by atoms with E-state index in [4.69, 9.17) is 9.47 Å². The second kappa shape index (κ2) is 7.97. The summed E-state index contributed by atoms with van der Waals surface area (Å²) in [6, 6.07) is 7.41. The maximum absolute atomic E-state index is 12.8. The van der Waals surface area contributed by atoms with E-state index in [1.165, 1.54) is 0 Å². The molecule has 3 rings (SSSR count). The monoisotopic (exact) mass is 346 g/mol. The average molecular weight is 346 g/mol. The van der Waals surface area contributed by atoms with Crippen molar-refractivity contribution in [2.75, 3.05) is 33.4 Å². The Morgan fingerprint density at radius 2 is 2.00 bits per heavy atom. The van der Waals surface area contributed by atoms with E-state index in [0.29, 0.717) is 12.5 Å². The van der Waals surface area contributed by atoms with E-state index in [-0.39, 0.29) is 18.4 Å². The summed E-state index contributed by atoms with van der Waals surface area (Å²) in [6.07, 6.45) is 1.24. The topological polar surface area (TPSA) is 67.9 Å². The van der Waals surface area contributed by atoms with Gasteiger partial charge in [-0.25, -0.2) is 0 Å². The molecule has 136 valence electrons. The standard InChI is InChI=1S/C19H26N2O4/c1-13-5-3-4-6-15(13)17-18(25-12-16(22)21(17)2)19(23)20-11-14-7-9-24-10-8-14/h3-6,14,17-18H,7-12H2,1-2H3,(H,20,23)/t17-,18+/m1/s1. The Hall–Kier alpha value is -1.92. The fourth-order valence-corrected chi connectivity index (χ4v) is 3.52. The molecule has 0 unspecified atom stereocenters. The lowest BCUT2D eigenvalue weighted by atomic mass is 9.93. The molecule has 2 saturated heterocycles. The van der Waals surface area contributed by atoms with E-state index in [9.17, 15) is 9.59 Å². The van der Waals surface area contributed by atoms with Gasteiger partial charge in [0.1, 0.15) is 6.61 Å². The first-order chi connectivity index (χ1) is 12.1. The molecule has 0 bridgehead atoms. The molecule has 1 aromatic carbocycles. The number of nitrogens with one attached hydrogen (secondary N) is 1. The summed E-state index contributed by atoms with van der Waals surface area (Å²) in [5.41, 5.74) is 1.99. The van der Waals surface area contributed by atoms with E-state index >= 15 is 0 Å². The molecule has 6 heteroatoms. The number of hydrogen-bond donors (Lipinski definition) is 1. The third-order valence-corrected chi connectivity index (χ3v) is 5.16. The van der Waals surface area contributed by atoms with Crippen molar-refractivity contribution in [1.29, 1.82) is 0 Å². The molecule has 1 N–H and O–H groups in total. The Kier molecular flexibility index (Phi) is 5.71. The van der Waals surface area contributed by atoms with Gasteiger partial charge in [0.2, 0.25) is 5.91 Å². The van der Waals surface area contributed by atoms with Crippen LogP contribution in [-0.4, -0.2) is 56.2 Å².